The molecule has 0 unspecified atom stereocenters. The van der Waals surface area contributed by atoms with Gasteiger partial charge in [-0.25, -0.2) is 9.97 Å². The van der Waals surface area contributed by atoms with E-state index in [2.05, 4.69) is 24.8 Å². The van der Waals surface area contributed by atoms with Crippen LogP contribution in [0.4, 0.5) is 13.2 Å². The van der Waals surface area contributed by atoms with E-state index >= 15 is 0 Å². The summed E-state index contributed by atoms with van der Waals surface area (Å²) in [4.78, 5) is 12.4. The number of rotatable bonds is 5. The molecule has 0 aliphatic rings. The molecule has 0 atom stereocenters. The Labute approximate surface area is 233 Å². The molecule has 187 valence electrons. The second-order valence-electron chi connectivity index (χ2n) is 9.39. The van der Waals surface area contributed by atoms with Crippen molar-refractivity contribution in [1.29, 1.82) is 0 Å². The largest absolute Gasteiger partial charge is 0.573 e. The number of para-hydroxylation sites is 1. The number of aryl methyl sites for hydroxylation is 1. The van der Waals surface area contributed by atoms with Crippen molar-refractivity contribution in [3.05, 3.63) is 41.0 Å². The molecule has 0 amide bonds. The first kappa shape index (κ1) is 28.3. The van der Waals surface area contributed by atoms with E-state index in [-0.39, 0.29) is 64.0 Å². The van der Waals surface area contributed by atoms with E-state index in [0.29, 0.717) is 33.3 Å². The maximum absolute atomic E-state index is 13.0. The number of aromatic nitrogens is 5. The van der Waals surface area contributed by atoms with E-state index < -0.39 is 6.36 Å². The zero-order valence-electron chi connectivity index (χ0n) is 21.1. The Morgan fingerprint density at radius 1 is 1.08 bits per heavy atom. The topological polar surface area (TPSA) is 77.9 Å². The quantitative estimate of drug-likeness (QED) is 0.307. The van der Waals surface area contributed by atoms with Crippen LogP contribution < -0.4 is 9.47 Å². The van der Waals surface area contributed by atoms with E-state index in [0.717, 1.165) is 0 Å². The normalized spacial score (nSPS) is 12.2. The van der Waals surface area contributed by atoms with Gasteiger partial charge in [-0.3, -0.25) is 4.68 Å². The van der Waals surface area contributed by atoms with E-state index in [9.17, 15) is 13.2 Å². The second kappa shape index (κ2) is 10.2. The van der Waals surface area contributed by atoms with Crippen molar-refractivity contribution >= 4 is 52.2 Å². The van der Waals surface area contributed by atoms with Gasteiger partial charge in [0.05, 0.1) is 28.0 Å². The van der Waals surface area contributed by atoms with Crippen LogP contribution in [0.2, 0.25) is 5.02 Å². The van der Waals surface area contributed by atoms with Crippen LogP contribution in [0.3, 0.4) is 0 Å². The summed E-state index contributed by atoms with van der Waals surface area (Å²) in [5, 5.41) is 5.03. The molecule has 0 saturated carbocycles. The van der Waals surface area contributed by atoms with Gasteiger partial charge in [0.2, 0.25) is 5.88 Å². The number of hydrogen-bond donors (Lipinski definition) is 1. The van der Waals surface area contributed by atoms with Crippen LogP contribution in [-0.2, 0) is 12.5 Å². The maximum Gasteiger partial charge on any atom is 0.573 e. The fourth-order valence-corrected chi connectivity index (χ4v) is 4.20. The van der Waals surface area contributed by atoms with Crippen molar-refractivity contribution in [2.24, 2.45) is 7.05 Å². The minimum absolute atomic E-state index is 0. The number of alkyl halides is 3. The summed E-state index contributed by atoms with van der Waals surface area (Å²) in [6.45, 7) is 9.67. The van der Waals surface area contributed by atoms with E-state index in [1.807, 2.05) is 34.6 Å². The molecule has 1 N–H and O–H groups in total. The van der Waals surface area contributed by atoms with Gasteiger partial charge < -0.3 is 14.5 Å². The monoisotopic (exact) mass is 530 g/mol. The van der Waals surface area contributed by atoms with Crippen molar-refractivity contribution in [3.8, 4) is 34.4 Å². The molecular formula is C24H25ClF3N5NaO2. The first-order valence-electron chi connectivity index (χ1n) is 10.9. The molecule has 36 heavy (non-hydrogen) atoms. The molecule has 7 nitrogen and oxygen atoms in total. The van der Waals surface area contributed by atoms with Gasteiger partial charge in [-0.15, -0.1) is 13.2 Å². The average molecular weight is 531 g/mol. The first-order valence-corrected chi connectivity index (χ1v) is 11.3. The third kappa shape index (κ3) is 5.82. The molecular weight excluding hydrogens is 506 g/mol. The van der Waals surface area contributed by atoms with Crippen molar-refractivity contribution in [3.63, 3.8) is 0 Å². The summed E-state index contributed by atoms with van der Waals surface area (Å²) in [5.41, 5.74) is 2.32. The van der Waals surface area contributed by atoms with Gasteiger partial charge in [0.15, 0.2) is 11.3 Å². The number of imidazole rings is 1. The smallest absolute Gasteiger partial charge is 0.473 e. The molecule has 3 heterocycles. The number of hydrogen-bond acceptors (Lipinski definition) is 5. The van der Waals surface area contributed by atoms with Crippen LogP contribution in [0.5, 0.6) is 11.6 Å². The third-order valence-electron chi connectivity index (χ3n) is 5.10. The zero-order chi connectivity index (χ0) is 25.7. The van der Waals surface area contributed by atoms with E-state index in [1.165, 1.54) is 18.2 Å². The summed E-state index contributed by atoms with van der Waals surface area (Å²) in [6.07, 6.45) is -5.10. The standard InChI is InChI=1S/C24H25ClF3N5O2.Na/c1-12(2)34-22-18-15(11-14(30-22)13-9-7-8-10-16(13)35-24(26,27)28)29-21(31-18)19-17(25)20(23(3,4)5)32-33(19)6;/h7-12H,1-6H3,(H,29,31);. The summed E-state index contributed by atoms with van der Waals surface area (Å²) < 4.78 is 50.7. The summed E-state index contributed by atoms with van der Waals surface area (Å²) >= 11 is 6.70. The first-order chi connectivity index (χ1) is 16.2. The molecule has 0 saturated heterocycles. The Morgan fingerprint density at radius 2 is 1.75 bits per heavy atom. The molecule has 12 heteroatoms. The van der Waals surface area contributed by atoms with E-state index in [1.54, 1.807) is 23.9 Å². The van der Waals surface area contributed by atoms with Crippen LogP contribution in [0.1, 0.15) is 40.3 Å². The van der Waals surface area contributed by atoms with Crippen LogP contribution >= 0.6 is 11.6 Å². The molecule has 1 radical (unpaired) electrons. The number of nitrogens with one attached hydrogen (secondary N) is 1. The Balaban J connectivity index is 0.00000361. The molecule has 4 rings (SSSR count). The Hall–Kier alpha value is -2.27. The summed E-state index contributed by atoms with van der Waals surface area (Å²) in [5.74, 6) is 0.237. The molecule has 0 fully saturated rings. The van der Waals surface area contributed by atoms with E-state index in [4.69, 9.17) is 16.3 Å². The molecule has 3 aromatic heterocycles. The van der Waals surface area contributed by atoms with Crippen LogP contribution in [-0.4, -0.2) is 66.8 Å². The van der Waals surface area contributed by atoms with Crippen LogP contribution in [0.25, 0.3) is 33.8 Å². The Morgan fingerprint density at radius 3 is 2.33 bits per heavy atom. The fraction of sp³-hybridized carbons (Fsp3) is 0.375. The minimum atomic E-state index is -4.85. The molecule has 0 spiro atoms. The Bertz CT molecular complexity index is 1390. The van der Waals surface area contributed by atoms with Crippen molar-refractivity contribution in [1.82, 2.24) is 24.7 Å². The average Bonchev–Trinajstić information content (AvgIpc) is 3.26. The van der Waals surface area contributed by atoms with Gasteiger partial charge in [-0.1, -0.05) is 44.5 Å². The number of halogens is 4. The SMILES string of the molecule is CC(C)Oc1nc(-c2ccccc2OC(F)(F)F)cc2[nH]c(-c3c(Cl)c(C(C)(C)C)nn3C)nc12.[Na]. The molecule has 0 bridgehead atoms. The molecule has 4 aromatic rings. The van der Waals surface area contributed by atoms with Crippen molar-refractivity contribution in [2.75, 3.05) is 0 Å². The third-order valence-corrected chi connectivity index (χ3v) is 5.46. The summed E-state index contributed by atoms with van der Waals surface area (Å²) in [7, 11) is 1.77. The van der Waals surface area contributed by atoms with Crippen molar-refractivity contribution < 1.29 is 22.6 Å². The summed E-state index contributed by atoms with van der Waals surface area (Å²) in [6, 6.07) is 7.40. The predicted octanol–water partition coefficient (Wildman–Crippen LogP) is 6.28. The number of benzene rings is 1. The number of aromatic amines is 1. The number of fused-ring (bicyclic) bond motifs is 1. The fourth-order valence-electron chi connectivity index (χ4n) is 3.67. The molecule has 1 aromatic carbocycles. The maximum atomic E-state index is 13.0. The van der Waals surface area contributed by atoms with Gasteiger partial charge in [-0.05, 0) is 32.0 Å². The number of H-pyrrole nitrogens is 1. The van der Waals surface area contributed by atoms with Gasteiger partial charge in [0.1, 0.15) is 11.4 Å². The number of ether oxygens (including phenoxy) is 2. The van der Waals surface area contributed by atoms with Gasteiger partial charge >= 0.3 is 6.36 Å². The molecule has 0 aliphatic heterocycles. The minimum Gasteiger partial charge on any atom is -0.473 e. The van der Waals surface area contributed by atoms with Gasteiger partial charge in [0, 0.05) is 47.6 Å². The number of pyridine rings is 1. The zero-order valence-corrected chi connectivity index (χ0v) is 23.8. The van der Waals surface area contributed by atoms with Crippen LogP contribution in [0.15, 0.2) is 30.3 Å². The van der Waals surface area contributed by atoms with Crippen molar-refractivity contribution in [2.45, 2.75) is 52.5 Å². The molecule has 0 aliphatic carbocycles. The Kier molecular flexibility index (Phi) is 8.05. The van der Waals surface area contributed by atoms with Gasteiger partial charge in [-0.2, -0.15) is 5.10 Å². The van der Waals surface area contributed by atoms with Gasteiger partial charge in [0.25, 0.3) is 0 Å². The predicted molar refractivity (Wildman–Crippen MR) is 133 cm³/mol. The number of nitrogens with zero attached hydrogens (tertiary/aromatic N) is 4. The second-order valence-corrected chi connectivity index (χ2v) is 9.77. The van der Waals surface area contributed by atoms with Crippen LogP contribution in [0, 0.1) is 0 Å².